The minimum atomic E-state index is -4.73. The summed E-state index contributed by atoms with van der Waals surface area (Å²) in [6.07, 6.45) is 0.0702. The lowest BCUT2D eigenvalue weighted by Gasteiger charge is -2.16. The first-order valence-corrected chi connectivity index (χ1v) is 11.2. The molecule has 1 atom stereocenters. The number of halogens is 3. The van der Waals surface area contributed by atoms with Gasteiger partial charge in [-0.25, -0.2) is 4.79 Å². The molecule has 2 aromatic rings. The molecule has 1 aliphatic rings. The van der Waals surface area contributed by atoms with Crippen LogP contribution in [0.4, 0.5) is 18.0 Å². The zero-order chi connectivity index (χ0) is 25.4. The fourth-order valence-corrected chi connectivity index (χ4v) is 3.58. The molecule has 35 heavy (non-hydrogen) atoms. The summed E-state index contributed by atoms with van der Waals surface area (Å²) >= 11 is 0. The van der Waals surface area contributed by atoms with Crippen molar-refractivity contribution in [2.45, 2.75) is 32.4 Å². The van der Waals surface area contributed by atoms with Gasteiger partial charge in [0.25, 0.3) is 0 Å². The third-order valence-corrected chi connectivity index (χ3v) is 5.24. The predicted molar refractivity (Wildman–Crippen MR) is 129 cm³/mol. The number of hydrogen-bond donors (Lipinski definition) is 1. The van der Waals surface area contributed by atoms with Gasteiger partial charge in [-0.2, -0.15) is 0 Å². The van der Waals surface area contributed by atoms with E-state index in [9.17, 15) is 18.0 Å². The molecule has 2 aromatic carbocycles. The number of amides is 1. The van der Waals surface area contributed by atoms with Gasteiger partial charge >= 0.3 is 12.5 Å². The van der Waals surface area contributed by atoms with Gasteiger partial charge < -0.3 is 19.7 Å². The highest BCUT2D eigenvalue weighted by Crippen LogP contribution is 2.26. The van der Waals surface area contributed by atoms with Crippen molar-refractivity contribution in [2.75, 3.05) is 20.6 Å². The van der Waals surface area contributed by atoms with E-state index in [4.69, 9.17) is 4.74 Å². The molecule has 1 aliphatic carbocycles. The largest absolute Gasteiger partial charge is 0.572 e. The van der Waals surface area contributed by atoms with Crippen LogP contribution in [0.3, 0.4) is 0 Å². The molecule has 0 aromatic heterocycles. The van der Waals surface area contributed by atoms with Crippen LogP contribution in [0.25, 0.3) is 11.1 Å². The van der Waals surface area contributed by atoms with Gasteiger partial charge in [-0.3, -0.25) is 0 Å². The van der Waals surface area contributed by atoms with Crippen LogP contribution in [0, 0.1) is 0 Å². The molecule has 0 saturated heterocycles. The zero-order valence-corrected chi connectivity index (χ0v) is 19.9. The van der Waals surface area contributed by atoms with E-state index in [0.717, 1.165) is 23.2 Å². The lowest BCUT2D eigenvalue weighted by molar-refractivity contribution is -0.305. The maximum Gasteiger partial charge on any atom is 0.572 e. The standard InChI is InChI=1S/C27H29F3N2O3/c1-19(23-7-5-8-24(16-23)22-13-10-21(11-14-22)18-32(2)3)34-26(33)31-17-20-6-4-9-25(15-12-20)35-27(28,29)30/h4-8,10-16,19H,9,17-18H2,1-3H3,(H,31,33). The van der Waals surface area contributed by atoms with Crippen molar-refractivity contribution in [3.8, 4) is 11.1 Å². The number of ether oxygens (including phenoxy) is 2. The fourth-order valence-electron chi connectivity index (χ4n) is 3.58. The maximum atomic E-state index is 12.4. The third-order valence-electron chi connectivity index (χ3n) is 5.24. The van der Waals surface area contributed by atoms with Crippen molar-refractivity contribution < 1.29 is 27.4 Å². The van der Waals surface area contributed by atoms with Crippen LogP contribution in [-0.4, -0.2) is 38.0 Å². The summed E-state index contributed by atoms with van der Waals surface area (Å²) in [6, 6.07) is 16.1. The Bertz CT molecular complexity index is 1100. The number of nitrogens with one attached hydrogen (secondary N) is 1. The van der Waals surface area contributed by atoms with E-state index in [0.29, 0.717) is 5.57 Å². The molecule has 0 fully saturated rings. The maximum absolute atomic E-state index is 12.4. The highest BCUT2D eigenvalue weighted by molar-refractivity contribution is 5.68. The number of carbonyl (C=O) groups is 1. The lowest BCUT2D eigenvalue weighted by Crippen LogP contribution is -2.27. The second-order valence-electron chi connectivity index (χ2n) is 8.49. The summed E-state index contributed by atoms with van der Waals surface area (Å²) in [5.74, 6) is -0.216. The van der Waals surface area contributed by atoms with Crippen LogP contribution in [0.1, 0.15) is 30.6 Å². The van der Waals surface area contributed by atoms with Crippen LogP contribution in [0.2, 0.25) is 0 Å². The smallest absolute Gasteiger partial charge is 0.442 e. The van der Waals surface area contributed by atoms with Gasteiger partial charge in [0.2, 0.25) is 0 Å². The molecule has 5 nitrogen and oxygen atoms in total. The summed E-state index contributed by atoms with van der Waals surface area (Å²) in [6.45, 7) is 2.76. The first-order chi connectivity index (χ1) is 16.6. The van der Waals surface area contributed by atoms with Crippen LogP contribution < -0.4 is 5.32 Å². The minimum Gasteiger partial charge on any atom is -0.442 e. The van der Waals surface area contributed by atoms with Gasteiger partial charge in [-0.1, -0.05) is 60.7 Å². The topological polar surface area (TPSA) is 50.8 Å². The average molecular weight is 487 g/mol. The Labute approximate surface area is 203 Å². The van der Waals surface area contributed by atoms with E-state index in [-0.39, 0.29) is 18.7 Å². The molecule has 1 unspecified atom stereocenters. The van der Waals surface area contributed by atoms with E-state index >= 15 is 0 Å². The molecule has 0 bridgehead atoms. The Hall–Kier alpha value is -3.52. The quantitative estimate of drug-likeness (QED) is 0.462. The van der Waals surface area contributed by atoms with Gasteiger partial charge in [-0.15, -0.1) is 13.2 Å². The third kappa shape index (κ3) is 8.64. The highest BCUT2D eigenvalue weighted by Gasteiger charge is 2.31. The first-order valence-electron chi connectivity index (χ1n) is 11.2. The Morgan fingerprint density at radius 3 is 2.51 bits per heavy atom. The summed E-state index contributed by atoms with van der Waals surface area (Å²) < 4.78 is 46.6. The van der Waals surface area contributed by atoms with Gasteiger partial charge in [0.15, 0.2) is 0 Å². The molecular formula is C27H29F3N2O3. The average Bonchev–Trinajstić information content (AvgIpc) is 3.01. The summed E-state index contributed by atoms with van der Waals surface area (Å²) in [4.78, 5) is 14.4. The number of alkyl halides is 3. The van der Waals surface area contributed by atoms with Crippen molar-refractivity contribution in [1.29, 1.82) is 0 Å². The van der Waals surface area contributed by atoms with Crippen molar-refractivity contribution in [1.82, 2.24) is 10.2 Å². The Balaban J connectivity index is 1.56. The van der Waals surface area contributed by atoms with Crippen LogP contribution in [-0.2, 0) is 16.0 Å². The molecule has 0 heterocycles. The summed E-state index contributed by atoms with van der Waals surface area (Å²) in [5, 5.41) is 2.63. The van der Waals surface area contributed by atoms with Crippen LogP contribution in [0.5, 0.6) is 0 Å². The lowest BCUT2D eigenvalue weighted by atomic mass is 10.00. The van der Waals surface area contributed by atoms with E-state index in [1.54, 1.807) is 19.1 Å². The molecule has 3 rings (SSSR count). The highest BCUT2D eigenvalue weighted by atomic mass is 19.4. The number of hydrogen-bond acceptors (Lipinski definition) is 4. The molecule has 8 heteroatoms. The molecule has 1 amide bonds. The van der Waals surface area contributed by atoms with Crippen LogP contribution >= 0.6 is 0 Å². The normalized spacial score (nSPS) is 14.6. The first kappa shape index (κ1) is 26.1. The number of allylic oxidation sites excluding steroid dienone is 3. The molecule has 1 N–H and O–H groups in total. The molecule has 186 valence electrons. The SMILES string of the molecule is CC(OC(=O)NCC1=CC=C(OC(F)(F)F)CC=C1)c1cccc(-c2ccc(CN(C)C)cc2)c1. The van der Waals surface area contributed by atoms with E-state index in [1.165, 1.54) is 17.7 Å². The number of rotatable bonds is 8. The van der Waals surface area contributed by atoms with Crippen LogP contribution in [0.15, 0.2) is 84.2 Å². The minimum absolute atomic E-state index is 0.00963. The molecular weight excluding hydrogens is 457 g/mol. The number of benzene rings is 2. The molecule has 0 aliphatic heterocycles. The van der Waals surface area contributed by atoms with Crippen molar-refractivity contribution >= 4 is 6.09 Å². The Kier molecular flexibility index (Phi) is 8.76. The van der Waals surface area contributed by atoms with Crippen molar-refractivity contribution in [3.05, 3.63) is 95.3 Å². The van der Waals surface area contributed by atoms with Gasteiger partial charge in [0.1, 0.15) is 11.9 Å². The zero-order valence-electron chi connectivity index (χ0n) is 19.9. The fraction of sp³-hybridized carbons (Fsp3) is 0.296. The Morgan fingerprint density at radius 2 is 1.83 bits per heavy atom. The summed E-state index contributed by atoms with van der Waals surface area (Å²) in [5.41, 5.74) is 4.78. The number of alkyl carbamates (subject to hydrolysis) is 1. The number of nitrogens with zero attached hydrogens (tertiary/aromatic N) is 1. The van der Waals surface area contributed by atoms with Crippen molar-refractivity contribution in [3.63, 3.8) is 0 Å². The van der Waals surface area contributed by atoms with Gasteiger partial charge in [-0.05, 0) is 61.0 Å². The molecule has 0 radical (unpaired) electrons. The van der Waals surface area contributed by atoms with Gasteiger partial charge in [0.05, 0.1) is 0 Å². The van der Waals surface area contributed by atoms with E-state index in [2.05, 4.69) is 39.2 Å². The molecule has 0 saturated carbocycles. The van der Waals surface area contributed by atoms with Crippen molar-refractivity contribution in [2.24, 2.45) is 0 Å². The second-order valence-corrected chi connectivity index (χ2v) is 8.49. The molecule has 0 spiro atoms. The van der Waals surface area contributed by atoms with Gasteiger partial charge in [0, 0.05) is 19.5 Å². The Morgan fingerprint density at radius 1 is 1.09 bits per heavy atom. The van der Waals surface area contributed by atoms with E-state index in [1.807, 2.05) is 38.4 Å². The second kappa shape index (κ2) is 11.8. The monoisotopic (exact) mass is 486 g/mol. The number of carbonyl (C=O) groups excluding carboxylic acids is 1. The summed E-state index contributed by atoms with van der Waals surface area (Å²) in [7, 11) is 4.05. The van der Waals surface area contributed by atoms with E-state index < -0.39 is 18.6 Å². The predicted octanol–water partition coefficient (Wildman–Crippen LogP) is 6.51.